The molecule has 0 radical (unpaired) electrons. The number of carbonyl (C=O) groups is 2. The van der Waals surface area contributed by atoms with Crippen LogP contribution < -0.4 is 0 Å². The van der Waals surface area contributed by atoms with Crippen LogP contribution in [0, 0.1) is 0 Å². The van der Waals surface area contributed by atoms with Gasteiger partial charge in [-0.25, -0.2) is 8.42 Å². The summed E-state index contributed by atoms with van der Waals surface area (Å²) in [5.41, 5.74) is 0.133. The second kappa shape index (κ2) is 5.98. The number of sulfone groups is 1. The Labute approximate surface area is 126 Å². The number of hydrogen-bond donors (Lipinski definition) is 1. The van der Waals surface area contributed by atoms with Crippen molar-refractivity contribution in [2.75, 3.05) is 18.1 Å². The SMILES string of the molecule is O=C(O)CC1CS(=O)(=O)CCN1C(=O)c1cnccc1Cl. The topological polar surface area (TPSA) is 105 Å². The number of rotatable bonds is 3. The van der Waals surface area contributed by atoms with E-state index in [0.717, 1.165) is 0 Å². The van der Waals surface area contributed by atoms with Gasteiger partial charge in [-0.2, -0.15) is 0 Å². The minimum Gasteiger partial charge on any atom is -0.481 e. The van der Waals surface area contributed by atoms with Crippen LogP contribution in [0.1, 0.15) is 16.8 Å². The van der Waals surface area contributed by atoms with Crippen LogP contribution in [-0.2, 0) is 14.6 Å². The van der Waals surface area contributed by atoms with E-state index < -0.39 is 34.2 Å². The molecule has 0 spiro atoms. The second-order valence-electron chi connectivity index (χ2n) is 4.72. The summed E-state index contributed by atoms with van der Waals surface area (Å²) < 4.78 is 23.3. The van der Waals surface area contributed by atoms with Gasteiger partial charge in [0.15, 0.2) is 9.84 Å². The first-order chi connectivity index (χ1) is 9.80. The summed E-state index contributed by atoms with van der Waals surface area (Å²) in [5.74, 6) is -2.21. The molecule has 0 bridgehead atoms. The van der Waals surface area contributed by atoms with E-state index in [9.17, 15) is 18.0 Å². The van der Waals surface area contributed by atoms with Crippen LogP contribution in [0.3, 0.4) is 0 Å². The van der Waals surface area contributed by atoms with Gasteiger partial charge in [0, 0.05) is 18.9 Å². The molecule has 1 amide bonds. The number of aliphatic carboxylic acids is 1. The normalized spacial score (nSPS) is 21.0. The van der Waals surface area contributed by atoms with Gasteiger partial charge in [0.05, 0.1) is 34.6 Å². The number of hydrogen-bond acceptors (Lipinski definition) is 5. The largest absolute Gasteiger partial charge is 0.481 e. The first-order valence-corrected chi connectivity index (χ1v) is 8.33. The Morgan fingerprint density at radius 3 is 2.81 bits per heavy atom. The molecule has 1 unspecified atom stereocenters. The van der Waals surface area contributed by atoms with Gasteiger partial charge in [-0.1, -0.05) is 11.6 Å². The molecule has 114 valence electrons. The number of carbonyl (C=O) groups excluding carboxylic acids is 1. The van der Waals surface area contributed by atoms with E-state index in [1.807, 2.05) is 0 Å². The maximum absolute atomic E-state index is 12.4. The summed E-state index contributed by atoms with van der Waals surface area (Å²) in [6, 6.07) is 0.548. The van der Waals surface area contributed by atoms with Gasteiger partial charge < -0.3 is 10.0 Å². The summed E-state index contributed by atoms with van der Waals surface area (Å²) in [6.45, 7) is -0.0513. The second-order valence-corrected chi connectivity index (χ2v) is 7.36. The molecule has 7 nitrogen and oxygen atoms in total. The molecule has 9 heteroatoms. The average Bonchev–Trinajstić information content (AvgIpc) is 2.37. The van der Waals surface area contributed by atoms with Crippen molar-refractivity contribution in [1.29, 1.82) is 0 Å². The molecular weight excluding hydrogens is 320 g/mol. The van der Waals surface area contributed by atoms with E-state index in [4.69, 9.17) is 16.7 Å². The Hall–Kier alpha value is -1.67. The number of halogens is 1. The number of carboxylic acid groups (broad SMARTS) is 1. The molecule has 21 heavy (non-hydrogen) atoms. The Bertz CT molecular complexity index is 676. The van der Waals surface area contributed by atoms with Gasteiger partial charge in [-0.3, -0.25) is 14.6 Å². The quantitative estimate of drug-likeness (QED) is 0.861. The highest BCUT2D eigenvalue weighted by molar-refractivity contribution is 7.91. The highest BCUT2D eigenvalue weighted by atomic mass is 35.5. The van der Waals surface area contributed by atoms with E-state index in [2.05, 4.69) is 4.98 Å². The molecule has 1 atom stereocenters. The van der Waals surface area contributed by atoms with Crippen LogP contribution in [0.15, 0.2) is 18.5 Å². The fraction of sp³-hybridized carbons (Fsp3) is 0.417. The molecule has 1 N–H and O–H groups in total. The molecule has 1 aliphatic rings. The molecular formula is C12H13ClN2O5S. The first-order valence-electron chi connectivity index (χ1n) is 6.13. The zero-order valence-electron chi connectivity index (χ0n) is 10.9. The van der Waals surface area contributed by atoms with Crippen LogP contribution in [0.2, 0.25) is 5.02 Å². The lowest BCUT2D eigenvalue weighted by atomic mass is 10.1. The molecule has 1 aliphatic heterocycles. The predicted molar refractivity (Wildman–Crippen MR) is 75.0 cm³/mol. The monoisotopic (exact) mass is 332 g/mol. The zero-order valence-corrected chi connectivity index (χ0v) is 12.5. The maximum Gasteiger partial charge on any atom is 0.305 e. The molecule has 0 aliphatic carbocycles. The van der Waals surface area contributed by atoms with E-state index in [0.29, 0.717) is 0 Å². The van der Waals surface area contributed by atoms with Crippen LogP contribution in [0.5, 0.6) is 0 Å². The van der Waals surface area contributed by atoms with Crippen molar-refractivity contribution in [3.63, 3.8) is 0 Å². The lowest BCUT2D eigenvalue weighted by Crippen LogP contribution is -2.52. The molecule has 2 heterocycles. The zero-order chi connectivity index (χ0) is 15.6. The predicted octanol–water partition coefficient (Wildman–Crippen LogP) is 0.449. The minimum absolute atomic E-state index is 0.0513. The molecule has 1 aromatic rings. The number of aromatic nitrogens is 1. The smallest absolute Gasteiger partial charge is 0.305 e. The van der Waals surface area contributed by atoms with Crippen molar-refractivity contribution in [3.05, 3.63) is 29.0 Å². The van der Waals surface area contributed by atoms with Crippen LogP contribution >= 0.6 is 11.6 Å². The standard InChI is InChI=1S/C12H13ClN2O5S/c13-10-1-2-14-6-9(10)12(18)15-3-4-21(19,20)7-8(15)5-11(16)17/h1-2,6,8H,3-5,7H2,(H,16,17). The van der Waals surface area contributed by atoms with Crippen LogP contribution in [-0.4, -0.2) is 59.4 Å². The third kappa shape index (κ3) is 3.70. The van der Waals surface area contributed by atoms with Gasteiger partial charge in [-0.15, -0.1) is 0 Å². The Balaban J connectivity index is 2.29. The number of amides is 1. The van der Waals surface area contributed by atoms with Crippen LogP contribution in [0.25, 0.3) is 0 Å². The molecule has 1 saturated heterocycles. The first kappa shape index (κ1) is 15.7. The Kier molecular flexibility index (Phi) is 4.48. The molecule has 1 fully saturated rings. The number of pyridine rings is 1. The van der Waals surface area contributed by atoms with Crippen molar-refractivity contribution >= 4 is 33.3 Å². The summed E-state index contributed by atoms with van der Waals surface area (Å²) in [6.07, 6.45) is 2.28. The summed E-state index contributed by atoms with van der Waals surface area (Å²) in [5, 5.41) is 9.08. The van der Waals surface area contributed by atoms with Crippen molar-refractivity contribution in [1.82, 2.24) is 9.88 Å². The lowest BCUT2D eigenvalue weighted by molar-refractivity contribution is -0.138. The van der Waals surface area contributed by atoms with Crippen molar-refractivity contribution in [2.45, 2.75) is 12.5 Å². The van der Waals surface area contributed by atoms with Gasteiger partial charge >= 0.3 is 5.97 Å². The van der Waals surface area contributed by atoms with E-state index in [1.165, 1.54) is 23.4 Å². The molecule has 0 saturated carbocycles. The lowest BCUT2D eigenvalue weighted by Gasteiger charge is -2.34. The number of carboxylic acids is 1. The summed E-state index contributed by atoms with van der Waals surface area (Å²) in [4.78, 5) is 28.4. The van der Waals surface area contributed by atoms with Crippen LogP contribution in [0.4, 0.5) is 0 Å². The Morgan fingerprint density at radius 2 is 2.19 bits per heavy atom. The van der Waals surface area contributed by atoms with Gasteiger partial charge in [0.1, 0.15) is 0 Å². The number of nitrogens with zero attached hydrogens (tertiary/aromatic N) is 2. The third-order valence-corrected chi connectivity index (χ3v) is 5.23. The molecule has 2 rings (SSSR count). The van der Waals surface area contributed by atoms with Crippen molar-refractivity contribution in [3.8, 4) is 0 Å². The van der Waals surface area contributed by atoms with Gasteiger partial charge in [-0.05, 0) is 6.07 Å². The van der Waals surface area contributed by atoms with Gasteiger partial charge in [0.2, 0.25) is 0 Å². The maximum atomic E-state index is 12.4. The molecule has 0 aromatic carbocycles. The third-order valence-electron chi connectivity index (χ3n) is 3.20. The van der Waals surface area contributed by atoms with E-state index >= 15 is 0 Å². The summed E-state index contributed by atoms with van der Waals surface area (Å²) >= 11 is 5.93. The molecule has 1 aromatic heterocycles. The minimum atomic E-state index is -3.34. The highest BCUT2D eigenvalue weighted by Crippen LogP contribution is 2.21. The van der Waals surface area contributed by atoms with E-state index in [1.54, 1.807) is 0 Å². The Morgan fingerprint density at radius 1 is 1.48 bits per heavy atom. The summed E-state index contributed by atoms with van der Waals surface area (Å²) in [7, 11) is -3.34. The van der Waals surface area contributed by atoms with Crippen molar-refractivity contribution in [2.24, 2.45) is 0 Å². The highest BCUT2D eigenvalue weighted by Gasteiger charge is 2.36. The van der Waals surface area contributed by atoms with Gasteiger partial charge in [0.25, 0.3) is 5.91 Å². The fourth-order valence-electron chi connectivity index (χ4n) is 2.21. The van der Waals surface area contributed by atoms with E-state index in [-0.39, 0.29) is 28.6 Å². The average molecular weight is 333 g/mol. The van der Waals surface area contributed by atoms with Crippen molar-refractivity contribution < 1.29 is 23.1 Å². The fourth-order valence-corrected chi connectivity index (χ4v) is 3.93.